The maximum Gasteiger partial charge on any atom is 0.271 e. The lowest BCUT2D eigenvalue weighted by molar-refractivity contribution is 0.0921. The lowest BCUT2D eigenvalue weighted by Crippen LogP contribution is -2.36. The van der Waals surface area contributed by atoms with Gasteiger partial charge in [0, 0.05) is 18.8 Å². The van der Waals surface area contributed by atoms with E-state index in [1.807, 2.05) is 16.9 Å². The third-order valence-electron chi connectivity index (χ3n) is 4.43. The fraction of sp³-hybridized carbons (Fsp3) is 0.733. The van der Waals surface area contributed by atoms with Gasteiger partial charge in [0.05, 0.1) is 6.04 Å². The summed E-state index contributed by atoms with van der Waals surface area (Å²) in [6.07, 6.45) is 10.2. The first-order chi connectivity index (χ1) is 9.83. The van der Waals surface area contributed by atoms with Gasteiger partial charge in [0.2, 0.25) is 0 Å². The van der Waals surface area contributed by atoms with Crippen molar-refractivity contribution in [2.24, 2.45) is 0 Å². The van der Waals surface area contributed by atoms with Crippen LogP contribution in [-0.4, -0.2) is 34.8 Å². The van der Waals surface area contributed by atoms with E-state index >= 15 is 0 Å². The molecule has 2 heterocycles. The molecule has 0 spiro atoms. The van der Waals surface area contributed by atoms with Crippen LogP contribution in [0, 0.1) is 0 Å². The van der Waals surface area contributed by atoms with Crippen molar-refractivity contribution >= 4 is 5.91 Å². The summed E-state index contributed by atoms with van der Waals surface area (Å²) in [6, 6.07) is 2.57. The van der Waals surface area contributed by atoms with Gasteiger partial charge >= 0.3 is 0 Å². The van der Waals surface area contributed by atoms with E-state index in [-0.39, 0.29) is 5.91 Å². The number of amides is 1. The molecule has 2 aliphatic rings. The predicted octanol–water partition coefficient (Wildman–Crippen LogP) is 1.87. The highest BCUT2D eigenvalue weighted by molar-refractivity contribution is 5.92. The molecule has 1 amide bonds. The summed E-state index contributed by atoms with van der Waals surface area (Å²) >= 11 is 0. The van der Waals surface area contributed by atoms with E-state index in [0.717, 1.165) is 32.4 Å². The Labute approximate surface area is 120 Å². The van der Waals surface area contributed by atoms with Gasteiger partial charge in [-0.2, -0.15) is 5.10 Å². The molecule has 0 aromatic carbocycles. The van der Waals surface area contributed by atoms with E-state index in [0.29, 0.717) is 17.8 Å². The molecule has 1 saturated carbocycles. The van der Waals surface area contributed by atoms with Gasteiger partial charge in [0.15, 0.2) is 0 Å². The van der Waals surface area contributed by atoms with Crippen LogP contribution in [0.3, 0.4) is 0 Å². The molecule has 1 saturated heterocycles. The van der Waals surface area contributed by atoms with E-state index in [9.17, 15) is 4.79 Å². The molecule has 5 nitrogen and oxygen atoms in total. The third kappa shape index (κ3) is 3.20. The van der Waals surface area contributed by atoms with Crippen LogP contribution in [0.15, 0.2) is 12.3 Å². The van der Waals surface area contributed by atoms with Crippen molar-refractivity contribution in [2.75, 3.05) is 13.1 Å². The zero-order valence-corrected chi connectivity index (χ0v) is 12.0. The lowest BCUT2D eigenvalue weighted by atomic mass is 9.95. The topological polar surface area (TPSA) is 59.0 Å². The van der Waals surface area contributed by atoms with Crippen LogP contribution >= 0.6 is 0 Å². The zero-order valence-electron chi connectivity index (χ0n) is 12.0. The SMILES string of the molecule is O=C(NC1CCCCC1)c1ccn(C2CCCNC2)n1. The van der Waals surface area contributed by atoms with Crippen molar-refractivity contribution in [1.29, 1.82) is 0 Å². The van der Waals surface area contributed by atoms with Gasteiger partial charge in [-0.25, -0.2) is 0 Å². The highest BCUT2D eigenvalue weighted by Crippen LogP contribution is 2.18. The number of hydrogen-bond donors (Lipinski definition) is 2. The van der Waals surface area contributed by atoms with E-state index in [2.05, 4.69) is 15.7 Å². The summed E-state index contributed by atoms with van der Waals surface area (Å²) < 4.78 is 1.95. The zero-order chi connectivity index (χ0) is 13.8. The number of hydrogen-bond acceptors (Lipinski definition) is 3. The summed E-state index contributed by atoms with van der Waals surface area (Å²) in [7, 11) is 0. The Bertz CT molecular complexity index is 444. The summed E-state index contributed by atoms with van der Waals surface area (Å²) in [5.74, 6) is -0.0144. The van der Waals surface area contributed by atoms with E-state index in [4.69, 9.17) is 0 Å². The molecule has 0 radical (unpaired) electrons. The van der Waals surface area contributed by atoms with Crippen molar-refractivity contribution < 1.29 is 4.79 Å². The number of aromatic nitrogens is 2. The average Bonchev–Trinajstić information content (AvgIpc) is 2.99. The smallest absolute Gasteiger partial charge is 0.271 e. The van der Waals surface area contributed by atoms with Crippen LogP contribution in [0.4, 0.5) is 0 Å². The highest BCUT2D eigenvalue weighted by atomic mass is 16.2. The van der Waals surface area contributed by atoms with Gasteiger partial charge in [0.1, 0.15) is 5.69 Å². The molecule has 5 heteroatoms. The molecule has 1 aliphatic heterocycles. The molecule has 0 bridgehead atoms. The standard InChI is InChI=1S/C15H24N4O/c20-15(17-12-5-2-1-3-6-12)14-8-10-19(18-14)13-7-4-9-16-11-13/h8,10,12-13,16H,1-7,9,11H2,(H,17,20). The van der Waals surface area contributed by atoms with Crippen molar-refractivity contribution in [2.45, 2.75) is 57.0 Å². The minimum atomic E-state index is -0.0144. The molecular weight excluding hydrogens is 252 g/mol. The summed E-state index contributed by atoms with van der Waals surface area (Å²) in [4.78, 5) is 12.2. The van der Waals surface area contributed by atoms with Crippen molar-refractivity contribution in [3.05, 3.63) is 18.0 Å². The van der Waals surface area contributed by atoms with Crippen LogP contribution in [-0.2, 0) is 0 Å². The Morgan fingerprint density at radius 1 is 1.25 bits per heavy atom. The lowest BCUT2D eigenvalue weighted by Gasteiger charge is -2.23. The fourth-order valence-corrected chi connectivity index (χ4v) is 3.23. The van der Waals surface area contributed by atoms with E-state index in [1.54, 1.807) is 0 Å². The highest BCUT2D eigenvalue weighted by Gasteiger charge is 2.20. The van der Waals surface area contributed by atoms with E-state index < -0.39 is 0 Å². The van der Waals surface area contributed by atoms with Crippen LogP contribution < -0.4 is 10.6 Å². The monoisotopic (exact) mass is 276 g/mol. The Hall–Kier alpha value is -1.36. The molecule has 2 N–H and O–H groups in total. The molecule has 1 aliphatic carbocycles. The van der Waals surface area contributed by atoms with Gasteiger partial charge in [0.25, 0.3) is 5.91 Å². The minimum absolute atomic E-state index is 0.0144. The molecule has 1 unspecified atom stereocenters. The number of carbonyl (C=O) groups is 1. The van der Waals surface area contributed by atoms with Crippen molar-refractivity contribution in [1.82, 2.24) is 20.4 Å². The van der Waals surface area contributed by atoms with Gasteiger partial charge in [-0.3, -0.25) is 9.48 Å². The Morgan fingerprint density at radius 2 is 2.10 bits per heavy atom. The largest absolute Gasteiger partial charge is 0.348 e. The first-order valence-electron chi connectivity index (χ1n) is 7.89. The van der Waals surface area contributed by atoms with Crippen LogP contribution in [0.5, 0.6) is 0 Å². The first kappa shape index (κ1) is 13.6. The second-order valence-corrected chi connectivity index (χ2v) is 5.99. The number of piperidine rings is 1. The molecule has 2 fully saturated rings. The molecule has 1 atom stereocenters. The van der Waals surface area contributed by atoms with Crippen molar-refractivity contribution in [3.8, 4) is 0 Å². The van der Waals surface area contributed by atoms with E-state index in [1.165, 1.54) is 25.7 Å². The first-order valence-corrected chi connectivity index (χ1v) is 7.89. The molecule has 3 rings (SSSR count). The number of carbonyl (C=O) groups excluding carboxylic acids is 1. The average molecular weight is 276 g/mol. The summed E-state index contributed by atoms with van der Waals surface area (Å²) in [6.45, 7) is 2.04. The Kier molecular flexibility index (Phi) is 4.35. The second-order valence-electron chi connectivity index (χ2n) is 5.99. The molecule has 1 aromatic heterocycles. The van der Waals surface area contributed by atoms with Gasteiger partial charge < -0.3 is 10.6 Å². The van der Waals surface area contributed by atoms with Crippen LogP contribution in [0.25, 0.3) is 0 Å². The molecule has 110 valence electrons. The predicted molar refractivity (Wildman–Crippen MR) is 77.7 cm³/mol. The molecule has 1 aromatic rings. The second kappa shape index (κ2) is 6.39. The van der Waals surface area contributed by atoms with Crippen LogP contribution in [0.2, 0.25) is 0 Å². The number of nitrogens with zero attached hydrogens (tertiary/aromatic N) is 2. The maximum absolute atomic E-state index is 12.2. The Balaban J connectivity index is 1.58. The van der Waals surface area contributed by atoms with Crippen molar-refractivity contribution in [3.63, 3.8) is 0 Å². The summed E-state index contributed by atoms with van der Waals surface area (Å²) in [5, 5.41) is 11.0. The van der Waals surface area contributed by atoms with Crippen LogP contribution in [0.1, 0.15) is 61.5 Å². The van der Waals surface area contributed by atoms with Gasteiger partial charge in [-0.1, -0.05) is 19.3 Å². The van der Waals surface area contributed by atoms with Gasteiger partial charge in [-0.05, 0) is 38.3 Å². The fourth-order valence-electron chi connectivity index (χ4n) is 3.23. The number of nitrogens with one attached hydrogen (secondary N) is 2. The van der Waals surface area contributed by atoms with Gasteiger partial charge in [-0.15, -0.1) is 0 Å². The third-order valence-corrected chi connectivity index (χ3v) is 4.43. The number of rotatable bonds is 3. The molecular formula is C15H24N4O. The quantitative estimate of drug-likeness (QED) is 0.886. The summed E-state index contributed by atoms with van der Waals surface area (Å²) in [5.41, 5.74) is 0.557. The Morgan fingerprint density at radius 3 is 2.85 bits per heavy atom. The normalized spacial score (nSPS) is 24.5. The molecule has 20 heavy (non-hydrogen) atoms. The maximum atomic E-state index is 12.2. The minimum Gasteiger partial charge on any atom is -0.348 e.